The summed E-state index contributed by atoms with van der Waals surface area (Å²) < 4.78 is 0. The molecule has 14 heavy (non-hydrogen) atoms. The lowest BCUT2D eigenvalue weighted by Gasteiger charge is -1.86. The van der Waals surface area contributed by atoms with Crippen LogP contribution in [0, 0.1) is 12.3 Å². The largest absolute Gasteiger partial charge is 0.399 e. The van der Waals surface area contributed by atoms with Crippen molar-refractivity contribution in [3.63, 3.8) is 0 Å². The molecule has 0 saturated carbocycles. The first-order valence-corrected chi connectivity index (χ1v) is 4.75. The summed E-state index contributed by atoms with van der Waals surface area (Å²) in [4.78, 5) is 4.49. The molecule has 0 amide bonds. The van der Waals surface area contributed by atoms with Gasteiger partial charge in [0.2, 0.25) is 0 Å². The van der Waals surface area contributed by atoms with Crippen molar-refractivity contribution in [3.05, 3.63) is 23.8 Å². The van der Waals surface area contributed by atoms with Crippen molar-refractivity contribution < 1.29 is 4.84 Å². The first-order valence-electron chi connectivity index (χ1n) is 4.75. The Morgan fingerprint density at radius 1 is 1.50 bits per heavy atom. The van der Waals surface area contributed by atoms with E-state index < -0.39 is 0 Å². The Morgan fingerprint density at radius 2 is 2.14 bits per heavy atom. The zero-order chi connectivity index (χ0) is 11.2. The molecule has 0 radical (unpaired) electrons. The fourth-order valence-corrected chi connectivity index (χ4v) is 0.546. The third-order valence-corrected chi connectivity index (χ3v) is 1.11. The van der Waals surface area contributed by atoms with Gasteiger partial charge in [-0.25, -0.2) is 0 Å². The van der Waals surface area contributed by atoms with E-state index in [9.17, 15) is 0 Å². The molecule has 0 aromatic rings. The Labute approximate surface area is 87.3 Å². The van der Waals surface area contributed by atoms with Crippen LogP contribution in [0.1, 0.15) is 27.2 Å². The van der Waals surface area contributed by atoms with E-state index >= 15 is 0 Å². The molecule has 2 nitrogen and oxygen atoms in total. The van der Waals surface area contributed by atoms with Gasteiger partial charge in [0.1, 0.15) is 7.11 Å². The van der Waals surface area contributed by atoms with E-state index in [1.807, 2.05) is 32.1 Å². The van der Waals surface area contributed by atoms with Gasteiger partial charge in [0.25, 0.3) is 0 Å². The normalized spacial score (nSPS) is 10.9. The average molecular weight is 193 g/mol. The monoisotopic (exact) mass is 193 g/mol. The topological polar surface area (TPSA) is 21.6 Å². The van der Waals surface area contributed by atoms with E-state index in [0.717, 1.165) is 6.42 Å². The van der Waals surface area contributed by atoms with Gasteiger partial charge in [0, 0.05) is 5.57 Å². The minimum absolute atomic E-state index is 0.696. The molecule has 0 N–H and O–H groups in total. The maximum atomic E-state index is 5.20. The van der Waals surface area contributed by atoms with Gasteiger partial charge in [-0.05, 0) is 12.5 Å². The molecule has 0 aromatic carbocycles. The van der Waals surface area contributed by atoms with Gasteiger partial charge in [0.05, 0.1) is 6.21 Å². The molecule has 78 valence electrons. The fraction of sp³-hybridized carbons (Fsp3) is 0.417. The third-order valence-electron chi connectivity index (χ3n) is 1.11. The van der Waals surface area contributed by atoms with Crippen molar-refractivity contribution in [3.8, 4) is 12.3 Å². The Kier molecular flexibility index (Phi) is 15.1. The molecule has 0 bridgehead atoms. The molecule has 0 aliphatic heterocycles. The predicted octanol–water partition coefficient (Wildman–Crippen LogP) is 3.17. The van der Waals surface area contributed by atoms with Crippen LogP contribution in [0.5, 0.6) is 0 Å². The van der Waals surface area contributed by atoms with Gasteiger partial charge in [-0.1, -0.05) is 44.0 Å². The van der Waals surface area contributed by atoms with Crippen LogP contribution < -0.4 is 0 Å². The number of allylic oxidation sites excluding steroid dienone is 4. The van der Waals surface area contributed by atoms with Crippen molar-refractivity contribution in [2.45, 2.75) is 27.2 Å². The quantitative estimate of drug-likeness (QED) is 0.291. The van der Waals surface area contributed by atoms with Crippen LogP contribution in [-0.2, 0) is 4.84 Å². The Hall–Kier alpha value is -1.49. The number of hydrogen-bond acceptors (Lipinski definition) is 2. The number of rotatable bonds is 4. The van der Waals surface area contributed by atoms with Crippen molar-refractivity contribution in [1.29, 1.82) is 0 Å². The Balaban J connectivity index is 0. The summed E-state index contributed by atoms with van der Waals surface area (Å²) in [7, 11) is 1.48. The van der Waals surface area contributed by atoms with Crippen molar-refractivity contribution >= 4 is 6.21 Å². The third kappa shape index (κ3) is 10.5. The van der Waals surface area contributed by atoms with Crippen LogP contribution in [-0.4, -0.2) is 13.3 Å². The van der Waals surface area contributed by atoms with Crippen LogP contribution in [0.25, 0.3) is 0 Å². The molecule has 0 aromatic heterocycles. The summed E-state index contributed by atoms with van der Waals surface area (Å²) in [6.07, 6.45) is 13.4. The highest BCUT2D eigenvalue weighted by atomic mass is 16.6. The van der Waals surface area contributed by atoms with E-state index in [2.05, 4.69) is 22.8 Å². The van der Waals surface area contributed by atoms with Crippen LogP contribution in [0.4, 0.5) is 0 Å². The van der Waals surface area contributed by atoms with Crippen molar-refractivity contribution in [2.75, 3.05) is 7.11 Å². The highest BCUT2D eigenvalue weighted by Gasteiger charge is 1.82. The minimum Gasteiger partial charge on any atom is -0.399 e. The lowest BCUT2D eigenvalue weighted by Crippen LogP contribution is -1.80. The molecular weight excluding hydrogens is 174 g/mol. The minimum atomic E-state index is 0.696. The van der Waals surface area contributed by atoms with E-state index in [4.69, 9.17) is 6.42 Å². The zero-order valence-corrected chi connectivity index (χ0v) is 9.45. The van der Waals surface area contributed by atoms with Crippen LogP contribution in [0.15, 0.2) is 29.0 Å². The number of oxime groups is 1. The first-order chi connectivity index (χ1) is 6.85. The summed E-state index contributed by atoms with van der Waals surface area (Å²) in [6.45, 7) is 6.06. The molecular formula is C12H19NO. The maximum Gasteiger partial charge on any atom is 0.106 e. The fourth-order valence-electron chi connectivity index (χ4n) is 0.546. The Morgan fingerprint density at radius 3 is 2.57 bits per heavy atom. The highest BCUT2D eigenvalue weighted by molar-refractivity contribution is 5.84. The van der Waals surface area contributed by atoms with E-state index in [1.54, 1.807) is 0 Å². The molecule has 2 heteroatoms. The van der Waals surface area contributed by atoms with E-state index in [0.29, 0.717) is 5.57 Å². The molecule has 0 atom stereocenters. The van der Waals surface area contributed by atoms with Gasteiger partial charge in [0.15, 0.2) is 0 Å². The highest BCUT2D eigenvalue weighted by Crippen LogP contribution is 1.90. The molecule has 0 aliphatic rings. The second-order valence-electron chi connectivity index (χ2n) is 2.02. The Bertz CT molecular complexity index is 231. The van der Waals surface area contributed by atoms with Crippen molar-refractivity contribution in [2.24, 2.45) is 5.16 Å². The SMILES string of the molecule is C#CC(/C=N\OC)=C\C=C/CC.CC. The van der Waals surface area contributed by atoms with Crippen molar-refractivity contribution in [1.82, 2.24) is 0 Å². The molecule has 0 heterocycles. The van der Waals surface area contributed by atoms with Crippen LogP contribution in [0.2, 0.25) is 0 Å². The molecule has 0 aliphatic carbocycles. The second kappa shape index (κ2) is 14.1. The smallest absolute Gasteiger partial charge is 0.106 e. The predicted molar refractivity (Wildman–Crippen MR) is 63.2 cm³/mol. The molecule has 0 spiro atoms. The number of terminal acetylenes is 1. The second-order valence-corrected chi connectivity index (χ2v) is 2.02. The van der Waals surface area contributed by atoms with Gasteiger partial charge < -0.3 is 4.84 Å². The summed E-state index contributed by atoms with van der Waals surface area (Å²) >= 11 is 0. The van der Waals surface area contributed by atoms with Gasteiger partial charge in [-0.3, -0.25) is 0 Å². The molecule has 0 rings (SSSR count). The maximum absolute atomic E-state index is 5.20. The summed E-state index contributed by atoms with van der Waals surface area (Å²) in [5, 5.41) is 3.55. The number of nitrogens with zero attached hydrogens (tertiary/aromatic N) is 1. The summed E-state index contributed by atoms with van der Waals surface area (Å²) in [5.41, 5.74) is 0.696. The molecule has 0 fully saturated rings. The summed E-state index contributed by atoms with van der Waals surface area (Å²) in [6, 6.07) is 0. The molecule has 0 saturated heterocycles. The lowest BCUT2D eigenvalue weighted by molar-refractivity contribution is 0.215. The van der Waals surface area contributed by atoms with Gasteiger partial charge >= 0.3 is 0 Å². The standard InChI is InChI=1S/C10H13NO.C2H6/c1-4-6-7-8-10(5-2)9-11-12-3;1-2/h2,6-9H,4H2,1,3H3;1-2H3/b7-6-,10-8+,11-9-;. The molecule has 0 unspecified atom stereocenters. The average Bonchev–Trinajstić information content (AvgIpc) is 2.26. The van der Waals surface area contributed by atoms with Gasteiger partial charge in [-0.15, -0.1) is 6.42 Å². The van der Waals surface area contributed by atoms with Gasteiger partial charge in [-0.2, -0.15) is 0 Å². The lowest BCUT2D eigenvalue weighted by atomic mass is 10.2. The van der Waals surface area contributed by atoms with E-state index in [-0.39, 0.29) is 0 Å². The van der Waals surface area contributed by atoms with E-state index in [1.165, 1.54) is 13.3 Å². The summed E-state index contributed by atoms with van der Waals surface area (Å²) in [5.74, 6) is 2.48. The zero-order valence-electron chi connectivity index (χ0n) is 9.45. The van der Waals surface area contributed by atoms with Crippen LogP contribution >= 0.6 is 0 Å². The number of hydrogen-bond donors (Lipinski definition) is 0. The van der Waals surface area contributed by atoms with Crippen LogP contribution in [0.3, 0.4) is 0 Å². The first kappa shape index (κ1) is 15.0.